The fraction of sp³-hybridized carbons (Fsp3) is 0.417. The molecule has 6 amide bonds. The molecule has 1 aliphatic carbocycles. The van der Waals surface area contributed by atoms with Crippen LogP contribution in [-0.2, 0) is 41.6 Å². The smallest absolute Gasteiger partial charge is 0.244 e. The molecule has 68 heavy (non-hydrogen) atoms. The second kappa shape index (κ2) is 27.8. The van der Waals surface area contributed by atoms with Crippen molar-refractivity contribution in [3.05, 3.63) is 107 Å². The lowest BCUT2D eigenvalue weighted by atomic mass is 9.84. The zero-order chi connectivity index (χ0) is 49.4. The van der Waals surface area contributed by atoms with E-state index in [-0.39, 0.29) is 81.6 Å². The van der Waals surface area contributed by atoms with Crippen LogP contribution in [0.4, 0.5) is 4.39 Å². The Hall–Kier alpha value is -7.51. The Labute approximate surface area is 395 Å². The van der Waals surface area contributed by atoms with E-state index >= 15 is 0 Å². The number of halogens is 1. The summed E-state index contributed by atoms with van der Waals surface area (Å²) in [5, 5.41) is 23.5. The number of primary amides is 1. The number of benzene rings is 3. The van der Waals surface area contributed by atoms with Crippen LogP contribution in [0.25, 0.3) is 6.08 Å². The zero-order valence-corrected chi connectivity index (χ0v) is 38.1. The van der Waals surface area contributed by atoms with E-state index in [9.17, 15) is 38.3 Å². The standard InChI is InChI=1S/C48H65FN12O7/c49-34-20-15-32(16-21-34)29-39(57-41(63)24-19-30-9-3-1-4-10-30)45(67)58-37(14-8-26-56-48(53)54)44(66)61-40(28-31-11-5-2-6-12-31)46(68)59-36(13-7-25-55-47(51)52)43(65)60-38(42(50)64)27-33-17-22-35(62)23-18-33/h1,3-4,9-10,15-24,31,36-40,62H,2,5-8,11-14,25-29H2,(H2,50,64)(H,57,63)(H,58,67)(H,59,68)(H,60,65)(H,61,66)(H4,51,52,55)(H4,53,54,56)/b24-19+/t36-,37-,38-,39-,40-/m0/s1. The Kier molecular flexibility index (Phi) is 21.7. The van der Waals surface area contributed by atoms with Crippen LogP contribution in [0.3, 0.4) is 0 Å². The molecule has 0 spiro atoms. The number of carbonyl (C=O) groups is 6. The molecule has 0 radical (unpaired) electrons. The lowest BCUT2D eigenvalue weighted by Crippen LogP contribution is -2.59. The maximum absolute atomic E-state index is 14.5. The van der Waals surface area contributed by atoms with Gasteiger partial charge < -0.3 is 60.4 Å². The van der Waals surface area contributed by atoms with E-state index in [0.717, 1.165) is 37.7 Å². The summed E-state index contributed by atoms with van der Waals surface area (Å²) in [6.45, 7) is 0.216. The van der Waals surface area contributed by atoms with E-state index in [1.807, 2.05) is 6.07 Å². The normalized spacial score (nSPS) is 14.8. The molecule has 0 heterocycles. The average molecular weight is 941 g/mol. The third-order valence-electron chi connectivity index (χ3n) is 11.3. The second-order valence-corrected chi connectivity index (χ2v) is 16.8. The molecule has 0 bridgehead atoms. The summed E-state index contributed by atoms with van der Waals surface area (Å²) in [5.74, 6) is -5.13. The number of guanidine groups is 2. The summed E-state index contributed by atoms with van der Waals surface area (Å²) in [7, 11) is 0. The Morgan fingerprint density at radius 3 is 1.60 bits per heavy atom. The molecule has 1 saturated carbocycles. The van der Waals surface area contributed by atoms with Gasteiger partial charge in [0, 0.05) is 32.0 Å². The molecule has 0 unspecified atom stereocenters. The van der Waals surface area contributed by atoms with Gasteiger partial charge in [0.25, 0.3) is 0 Å². The Bertz CT molecular complexity index is 2210. The number of phenols is 1. The summed E-state index contributed by atoms with van der Waals surface area (Å²) >= 11 is 0. The number of nitrogens with two attached hydrogens (primary N) is 5. The molecule has 4 rings (SSSR count). The third-order valence-corrected chi connectivity index (χ3v) is 11.3. The van der Waals surface area contributed by atoms with Gasteiger partial charge >= 0.3 is 0 Å². The third kappa shape index (κ3) is 19.5. The number of carbonyl (C=O) groups excluding carboxylic acids is 6. The van der Waals surface area contributed by atoms with Crippen LogP contribution in [0.1, 0.15) is 80.9 Å². The summed E-state index contributed by atoms with van der Waals surface area (Å²) in [6.07, 6.45) is 7.90. The number of aromatic hydroxyl groups is 1. The predicted molar refractivity (Wildman–Crippen MR) is 257 cm³/mol. The van der Waals surface area contributed by atoms with Crippen LogP contribution in [0.15, 0.2) is 94.9 Å². The molecule has 20 heteroatoms. The zero-order valence-electron chi connectivity index (χ0n) is 38.1. The van der Waals surface area contributed by atoms with Gasteiger partial charge in [-0.3, -0.25) is 38.8 Å². The first kappa shape index (κ1) is 53.1. The minimum Gasteiger partial charge on any atom is -0.508 e. The first-order valence-electron chi connectivity index (χ1n) is 22.7. The van der Waals surface area contributed by atoms with Crippen molar-refractivity contribution >= 4 is 53.4 Å². The van der Waals surface area contributed by atoms with Crippen molar-refractivity contribution in [2.24, 2.45) is 44.6 Å². The highest BCUT2D eigenvalue weighted by Gasteiger charge is 2.34. The van der Waals surface area contributed by atoms with E-state index < -0.39 is 71.5 Å². The van der Waals surface area contributed by atoms with Crippen LogP contribution < -0.4 is 55.3 Å². The van der Waals surface area contributed by atoms with E-state index in [1.165, 1.54) is 42.5 Å². The van der Waals surface area contributed by atoms with Crippen molar-refractivity contribution in [3.63, 3.8) is 0 Å². The number of nitrogens with zero attached hydrogens (tertiary/aromatic N) is 2. The SMILES string of the molecule is NC(=O)[C@H](Cc1ccc(O)cc1)NC(=O)[C@H](CCCN=C(N)N)NC(=O)[C@H](CC1CCCCC1)NC(=O)[C@H](CCCN=C(N)N)NC(=O)[C@H](Cc1ccc(F)cc1)NC(=O)/C=C/c1ccccc1. The monoisotopic (exact) mass is 941 g/mol. The van der Waals surface area contributed by atoms with Crippen LogP contribution in [0.5, 0.6) is 5.75 Å². The Morgan fingerprint density at radius 1 is 0.603 bits per heavy atom. The quantitative estimate of drug-likeness (QED) is 0.0234. The van der Waals surface area contributed by atoms with Crippen molar-refractivity contribution in [3.8, 4) is 5.75 Å². The molecule has 0 aromatic heterocycles. The van der Waals surface area contributed by atoms with E-state index in [4.69, 9.17) is 28.7 Å². The number of nitrogens with one attached hydrogen (secondary N) is 5. The second-order valence-electron chi connectivity index (χ2n) is 16.8. The largest absolute Gasteiger partial charge is 0.508 e. The highest BCUT2D eigenvalue weighted by Crippen LogP contribution is 2.28. The minimum atomic E-state index is -1.28. The lowest BCUT2D eigenvalue weighted by molar-refractivity contribution is -0.135. The average Bonchev–Trinajstić information content (AvgIpc) is 3.31. The summed E-state index contributed by atoms with van der Waals surface area (Å²) in [6, 6.07) is 14.3. The van der Waals surface area contributed by atoms with Gasteiger partial charge in [-0.15, -0.1) is 0 Å². The maximum Gasteiger partial charge on any atom is 0.244 e. The van der Waals surface area contributed by atoms with Crippen LogP contribution in [0, 0.1) is 11.7 Å². The van der Waals surface area contributed by atoms with Crippen molar-refractivity contribution in [1.29, 1.82) is 0 Å². The number of rotatable bonds is 26. The number of aliphatic imine (C=N–C) groups is 2. The van der Waals surface area contributed by atoms with Gasteiger partial charge in [-0.25, -0.2) is 4.39 Å². The fourth-order valence-electron chi connectivity index (χ4n) is 7.73. The van der Waals surface area contributed by atoms with E-state index in [2.05, 4.69) is 36.6 Å². The van der Waals surface area contributed by atoms with Gasteiger partial charge in [-0.05, 0) is 85.1 Å². The number of amides is 6. The van der Waals surface area contributed by atoms with Crippen molar-refractivity contribution in [1.82, 2.24) is 26.6 Å². The van der Waals surface area contributed by atoms with Crippen LogP contribution in [0.2, 0.25) is 0 Å². The topological polar surface area (TPSA) is 338 Å². The fourth-order valence-corrected chi connectivity index (χ4v) is 7.73. The summed E-state index contributed by atoms with van der Waals surface area (Å²) in [5.41, 5.74) is 29.7. The number of hydrogen-bond acceptors (Lipinski definition) is 9. The van der Waals surface area contributed by atoms with E-state index in [1.54, 1.807) is 42.5 Å². The molecule has 366 valence electrons. The first-order valence-corrected chi connectivity index (χ1v) is 22.7. The molecule has 3 aromatic carbocycles. The van der Waals surface area contributed by atoms with Gasteiger partial charge in [0.2, 0.25) is 35.4 Å². The maximum atomic E-state index is 14.5. The van der Waals surface area contributed by atoms with Gasteiger partial charge in [0.05, 0.1) is 0 Å². The van der Waals surface area contributed by atoms with Gasteiger partial charge in [-0.2, -0.15) is 0 Å². The molecule has 19 nitrogen and oxygen atoms in total. The molecule has 0 saturated heterocycles. The Balaban J connectivity index is 1.61. The lowest BCUT2D eigenvalue weighted by Gasteiger charge is -2.30. The van der Waals surface area contributed by atoms with Gasteiger partial charge in [0.15, 0.2) is 11.9 Å². The number of hydrogen-bond donors (Lipinski definition) is 11. The van der Waals surface area contributed by atoms with Crippen LogP contribution in [-0.4, -0.2) is 95.8 Å². The van der Waals surface area contributed by atoms with Crippen molar-refractivity contribution < 1.29 is 38.3 Å². The highest BCUT2D eigenvalue weighted by atomic mass is 19.1. The molecule has 1 aliphatic rings. The Morgan fingerprint density at radius 2 is 1.07 bits per heavy atom. The van der Waals surface area contributed by atoms with Crippen LogP contribution >= 0.6 is 0 Å². The molecular formula is C48H65FN12O7. The summed E-state index contributed by atoms with van der Waals surface area (Å²) in [4.78, 5) is 90.9. The molecular weight excluding hydrogens is 876 g/mol. The van der Waals surface area contributed by atoms with Gasteiger partial charge in [-0.1, -0.05) is 86.7 Å². The molecule has 0 aliphatic heterocycles. The predicted octanol–water partition coefficient (Wildman–Crippen LogP) is 1.02. The van der Waals surface area contributed by atoms with Crippen molar-refractivity contribution in [2.45, 2.75) is 107 Å². The highest BCUT2D eigenvalue weighted by molar-refractivity contribution is 5.98. The molecule has 3 aromatic rings. The molecule has 1 fully saturated rings. The van der Waals surface area contributed by atoms with E-state index in [0.29, 0.717) is 11.1 Å². The molecule has 16 N–H and O–H groups in total. The molecule has 5 atom stereocenters. The summed E-state index contributed by atoms with van der Waals surface area (Å²) < 4.78 is 13.9. The first-order chi connectivity index (χ1) is 32.6. The minimum absolute atomic E-state index is 0.00258. The number of phenolic OH excluding ortho intramolecular Hbond substituents is 1. The van der Waals surface area contributed by atoms with Crippen molar-refractivity contribution in [2.75, 3.05) is 13.1 Å². The van der Waals surface area contributed by atoms with Gasteiger partial charge in [0.1, 0.15) is 41.8 Å².